The molecule has 13 heteroatoms. The predicted molar refractivity (Wildman–Crippen MR) is 139 cm³/mol. The number of ether oxygens (including phenoxy) is 2. The van der Waals surface area contributed by atoms with E-state index in [2.05, 4.69) is 30.2 Å². The number of sulfonamides is 1. The molecule has 1 aliphatic rings. The number of para-hydroxylation sites is 2. The van der Waals surface area contributed by atoms with Crippen molar-refractivity contribution in [2.24, 2.45) is 0 Å². The minimum absolute atomic E-state index is 0.238. The lowest BCUT2D eigenvalue weighted by atomic mass is 10.2. The third-order valence-electron chi connectivity index (χ3n) is 5.17. The second kappa shape index (κ2) is 10.4. The van der Waals surface area contributed by atoms with Crippen LogP contribution >= 0.6 is 11.6 Å². The van der Waals surface area contributed by atoms with E-state index in [9.17, 15) is 8.42 Å². The highest BCUT2D eigenvalue weighted by molar-refractivity contribution is 7.92. The van der Waals surface area contributed by atoms with Crippen molar-refractivity contribution in [1.29, 1.82) is 0 Å². The van der Waals surface area contributed by atoms with Crippen molar-refractivity contribution < 1.29 is 17.9 Å². The molecule has 0 unspecified atom stereocenters. The van der Waals surface area contributed by atoms with Crippen molar-refractivity contribution in [1.82, 2.24) is 9.97 Å². The number of rotatable bonds is 8. The maximum atomic E-state index is 11.7. The first-order valence-electron chi connectivity index (χ1n) is 10.7. The first-order valence-corrected chi connectivity index (χ1v) is 12.9. The monoisotopic (exact) mass is 519 g/mol. The number of anilines is 7. The van der Waals surface area contributed by atoms with Crippen LogP contribution in [0.1, 0.15) is 0 Å². The molecule has 1 aromatic heterocycles. The van der Waals surface area contributed by atoms with Gasteiger partial charge in [0.2, 0.25) is 16.0 Å². The number of aromatic nitrogens is 2. The van der Waals surface area contributed by atoms with Gasteiger partial charge in [-0.25, -0.2) is 13.4 Å². The van der Waals surface area contributed by atoms with Crippen LogP contribution in [0.15, 0.2) is 42.6 Å². The van der Waals surface area contributed by atoms with Crippen LogP contribution < -0.4 is 30.7 Å². The summed E-state index contributed by atoms with van der Waals surface area (Å²) in [5.41, 5.74) is 9.19. The average Bonchev–Trinajstić information content (AvgIpc) is 2.82. The molecule has 4 rings (SSSR count). The maximum absolute atomic E-state index is 11.7. The quantitative estimate of drug-likeness (QED) is 0.327. The van der Waals surface area contributed by atoms with E-state index in [0.717, 1.165) is 25.0 Å². The minimum atomic E-state index is -3.48. The summed E-state index contributed by atoms with van der Waals surface area (Å²) in [5, 5.41) is 6.43. The fourth-order valence-electron chi connectivity index (χ4n) is 3.57. The van der Waals surface area contributed by atoms with Gasteiger partial charge in [-0.05, 0) is 18.2 Å². The van der Waals surface area contributed by atoms with E-state index in [1.165, 1.54) is 6.20 Å². The number of hydrogen-bond donors (Lipinski definition) is 4. The summed E-state index contributed by atoms with van der Waals surface area (Å²) in [6.45, 7) is 2.76. The van der Waals surface area contributed by atoms with Gasteiger partial charge >= 0.3 is 0 Å². The molecule has 1 fully saturated rings. The van der Waals surface area contributed by atoms with Gasteiger partial charge in [0.05, 0.1) is 61.2 Å². The second-order valence-electron chi connectivity index (χ2n) is 7.77. The van der Waals surface area contributed by atoms with Gasteiger partial charge in [0.1, 0.15) is 10.8 Å². The average molecular weight is 520 g/mol. The van der Waals surface area contributed by atoms with E-state index in [4.69, 9.17) is 26.8 Å². The summed E-state index contributed by atoms with van der Waals surface area (Å²) in [7, 11) is -1.91. The Bertz CT molecular complexity index is 1320. The molecule has 0 radical (unpaired) electrons. The normalized spacial score (nSPS) is 13.9. The molecule has 35 heavy (non-hydrogen) atoms. The molecule has 0 saturated carbocycles. The van der Waals surface area contributed by atoms with Crippen LogP contribution in [-0.4, -0.2) is 58.1 Å². The van der Waals surface area contributed by atoms with Gasteiger partial charge in [0.25, 0.3) is 0 Å². The van der Waals surface area contributed by atoms with Gasteiger partial charge in [0, 0.05) is 19.2 Å². The van der Waals surface area contributed by atoms with Gasteiger partial charge < -0.3 is 30.7 Å². The molecule has 2 aromatic carbocycles. The van der Waals surface area contributed by atoms with E-state index in [1.807, 2.05) is 6.07 Å². The summed E-state index contributed by atoms with van der Waals surface area (Å²) in [6.07, 6.45) is 2.51. The number of nitrogens with zero attached hydrogens (tertiary/aromatic N) is 3. The van der Waals surface area contributed by atoms with Crippen LogP contribution in [-0.2, 0) is 14.8 Å². The van der Waals surface area contributed by atoms with E-state index in [-0.39, 0.29) is 16.8 Å². The maximum Gasteiger partial charge on any atom is 0.229 e. The highest BCUT2D eigenvalue weighted by Crippen LogP contribution is 2.37. The highest BCUT2D eigenvalue weighted by Gasteiger charge is 2.18. The number of nitrogens with one attached hydrogen (secondary N) is 3. The Labute approximate surface area is 208 Å². The van der Waals surface area contributed by atoms with Gasteiger partial charge in [-0.1, -0.05) is 23.7 Å². The molecule has 0 bridgehead atoms. The molecular weight excluding hydrogens is 494 g/mol. The van der Waals surface area contributed by atoms with Gasteiger partial charge in [-0.2, -0.15) is 4.98 Å². The number of benzene rings is 2. The molecule has 1 aliphatic heterocycles. The van der Waals surface area contributed by atoms with Crippen LogP contribution in [0.25, 0.3) is 0 Å². The zero-order valence-corrected chi connectivity index (χ0v) is 20.8. The standard InChI is InChI=1S/C22H26ClN7O4S/c1-33-20-12-19(30-7-9-34-10-8-30)15(24)11-18(20)27-22-25-13-14(23)21(28-22)26-16-5-3-4-6-17(16)29-35(2,31)32/h3-6,11-13,29H,7-10,24H2,1-2H3,(H2,25,26,27,28). The number of nitrogens with two attached hydrogens (primary N) is 1. The topological polar surface area (TPSA) is 144 Å². The SMILES string of the molecule is COc1cc(N2CCOCC2)c(N)cc1Nc1ncc(Cl)c(Nc2ccccc2NS(C)(=O)=O)n1. The molecule has 2 heterocycles. The van der Waals surface area contributed by atoms with E-state index < -0.39 is 10.0 Å². The van der Waals surface area contributed by atoms with Crippen LogP contribution in [0, 0.1) is 0 Å². The van der Waals surface area contributed by atoms with E-state index in [0.29, 0.717) is 41.7 Å². The largest absolute Gasteiger partial charge is 0.494 e. The van der Waals surface area contributed by atoms with Crippen molar-refractivity contribution in [3.05, 3.63) is 47.6 Å². The number of halogens is 1. The molecule has 0 atom stereocenters. The highest BCUT2D eigenvalue weighted by atomic mass is 35.5. The fourth-order valence-corrected chi connectivity index (χ4v) is 4.29. The van der Waals surface area contributed by atoms with E-state index >= 15 is 0 Å². The van der Waals surface area contributed by atoms with Crippen LogP contribution in [0.3, 0.4) is 0 Å². The first-order chi connectivity index (χ1) is 16.7. The fraction of sp³-hybridized carbons (Fsp3) is 0.273. The molecule has 0 amide bonds. The molecular formula is C22H26ClN7O4S. The molecule has 0 aliphatic carbocycles. The van der Waals surface area contributed by atoms with Crippen molar-refractivity contribution in [3.63, 3.8) is 0 Å². The molecule has 3 aromatic rings. The lowest BCUT2D eigenvalue weighted by molar-refractivity contribution is 0.123. The molecule has 5 N–H and O–H groups in total. The number of methoxy groups -OCH3 is 1. The number of hydrogen-bond acceptors (Lipinski definition) is 10. The smallest absolute Gasteiger partial charge is 0.229 e. The third kappa shape index (κ3) is 6.15. The van der Waals surface area contributed by atoms with E-state index in [1.54, 1.807) is 37.4 Å². The van der Waals surface area contributed by atoms with Crippen molar-refractivity contribution in [2.45, 2.75) is 0 Å². The number of morpholine rings is 1. The number of nitrogen functional groups attached to an aromatic ring is 1. The molecule has 186 valence electrons. The second-order valence-corrected chi connectivity index (χ2v) is 9.93. The summed E-state index contributed by atoms with van der Waals surface area (Å²) >= 11 is 6.31. The van der Waals surface area contributed by atoms with Crippen molar-refractivity contribution in [2.75, 3.05) is 65.7 Å². The zero-order chi connectivity index (χ0) is 25.0. The van der Waals surface area contributed by atoms with Crippen LogP contribution in [0.4, 0.5) is 40.2 Å². The Hall–Kier alpha value is -3.48. The summed E-state index contributed by atoms with van der Waals surface area (Å²) in [6, 6.07) is 10.4. The first kappa shape index (κ1) is 24.6. The summed E-state index contributed by atoms with van der Waals surface area (Å²) in [5.74, 6) is 1.09. The zero-order valence-electron chi connectivity index (χ0n) is 19.2. The Morgan fingerprint density at radius 3 is 2.51 bits per heavy atom. The minimum Gasteiger partial charge on any atom is -0.494 e. The molecule has 0 spiro atoms. The Balaban J connectivity index is 1.60. The lowest BCUT2D eigenvalue weighted by Crippen LogP contribution is -2.36. The van der Waals surface area contributed by atoms with Crippen LogP contribution in [0.2, 0.25) is 5.02 Å². The predicted octanol–water partition coefficient (Wildman–Crippen LogP) is 3.42. The van der Waals surface area contributed by atoms with Gasteiger partial charge in [0.15, 0.2) is 5.82 Å². The lowest BCUT2D eigenvalue weighted by Gasteiger charge is -2.30. The Kier molecular flexibility index (Phi) is 7.34. The van der Waals surface area contributed by atoms with Crippen molar-refractivity contribution >= 4 is 61.8 Å². The Morgan fingerprint density at radius 2 is 1.83 bits per heavy atom. The molecule has 1 saturated heterocycles. The summed E-state index contributed by atoms with van der Waals surface area (Å²) in [4.78, 5) is 10.8. The summed E-state index contributed by atoms with van der Waals surface area (Å²) < 4.78 is 36.9. The Morgan fingerprint density at radius 1 is 1.11 bits per heavy atom. The van der Waals surface area contributed by atoms with Gasteiger partial charge in [-0.3, -0.25) is 4.72 Å². The van der Waals surface area contributed by atoms with Crippen LogP contribution in [0.5, 0.6) is 5.75 Å². The van der Waals surface area contributed by atoms with Gasteiger partial charge in [-0.15, -0.1) is 0 Å². The third-order valence-corrected chi connectivity index (χ3v) is 6.03. The molecule has 11 nitrogen and oxygen atoms in total. The van der Waals surface area contributed by atoms with Crippen molar-refractivity contribution in [3.8, 4) is 5.75 Å².